The standard InChI is InChI=1S/C21H24N2O7S/c1-13-5-7-16(31(26,27)23(3)4)12-17(13)22-20(24)14(2)30-21(25)15-6-8-18-19(11-15)29-10-9-28-18/h5-8,11-12,14H,9-10H2,1-4H3,(H,22,24)/t14-/m0/s1. The fourth-order valence-corrected chi connectivity index (χ4v) is 3.72. The summed E-state index contributed by atoms with van der Waals surface area (Å²) in [4.78, 5) is 25.0. The van der Waals surface area contributed by atoms with E-state index in [0.29, 0.717) is 36.0 Å². The minimum atomic E-state index is -3.66. The highest BCUT2D eigenvalue weighted by Crippen LogP contribution is 2.31. The van der Waals surface area contributed by atoms with Crippen molar-refractivity contribution in [3.8, 4) is 11.5 Å². The zero-order valence-corrected chi connectivity index (χ0v) is 18.5. The smallest absolute Gasteiger partial charge is 0.339 e. The number of fused-ring (bicyclic) bond motifs is 1. The van der Waals surface area contributed by atoms with Crippen LogP contribution in [-0.4, -0.2) is 58.0 Å². The van der Waals surface area contributed by atoms with Gasteiger partial charge in [-0.15, -0.1) is 0 Å². The zero-order valence-electron chi connectivity index (χ0n) is 17.7. The molecule has 0 saturated heterocycles. The molecule has 166 valence electrons. The number of carbonyl (C=O) groups is 2. The lowest BCUT2D eigenvalue weighted by atomic mass is 10.2. The molecule has 2 aromatic carbocycles. The summed E-state index contributed by atoms with van der Waals surface area (Å²) in [7, 11) is -0.813. The summed E-state index contributed by atoms with van der Waals surface area (Å²) < 4.78 is 41.9. The van der Waals surface area contributed by atoms with E-state index in [1.807, 2.05) is 0 Å². The number of amides is 1. The Morgan fingerprint density at radius 2 is 1.74 bits per heavy atom. The second-order valence-electron chi connectivity index (χ2n) is 7.16. The summed E-state index contributed by atoms with van der Waals surface area (Å²) in [5, 5.41) is 2.62. The molecular weight excluding hydrogens is 424 g/mol. The van der Waals surface area contributed by atoms with Crippen LogP contribution >= 0.6 is 0 Å². The van der Waals surface area contributed by atoms with Gasteiger partial charge in [0.05, 0.1) is 10.5 Å². The maximum Gasteiger partial charge on any atom is 0.339 e. The van der Waals surface area contributed by atoms with Crippen LogP contribution in [0.5, 0.6) is 11.5 Å². The topological polar surface area (TPSA) is 111 Å². The lowest BCUT2D eigenvalue weighted by Crippen LogP contribution is -2.30. The van der Waals surface area contributed by atoms with Gasteiger partial charge in [-0.05, 0) is 49.7 Å². The van der Waals surface area contributed by atoms with Crippen molar-refractivity contribution in [1.82, 2.24) is 4.31 Å². The van der Waals surface area contributed by atoms with Crippen LogP contribution in [0.3, 0.4) is 0 Å². The average molecular weight is 448 g/mol. The molecule has 0 saturated carbocycles. The number of aryl methyl sites for hydroxylation is 1. The second kappa shape index (κ2) is 8.94. The molecule has 1 aliphatic heterocycles. The Kier molecular flexibility index (Phi) is 6.51. The Morgan fingerprint density at radius 1 is 1.06 bits per heavy atom. The molecule has 1 aliphatic rings. The molecule has 31 heavy (non-hydrogen) atoms. The normalized spacial score (nSPS) is 14.1. The van der Waals surface area contributed by atoms with Crippen molar-refractivity contribution < 1.29 is 32.2 Å². The molecule has 0 bridgehead atoms. The quantitative estimate of drug-likeness (QED) is 0.675. The number of anilines is 1. The molecule has 1 amide bonds. The summed E-state index contributed by atoms with van der Waals surface area (Å²) in [5.74, 6) is -0.308. The first-order chi connectivity index (χ1) is 14.6. The monoisotopic (exact) mass is 448 g/mol. The summed E-state index contributed by atoms with van der Waals surface area (Å²) >= 11 is 0. The van der Waals surface area contributed by atoms with Crippen molar-refractivity contribution in [3.63, 3.8) is 0 Å². The highest BCUT2D eigenvalue weighted by molar-refractivity contribution is 7.89. The van der Waals surface area contributed by atoms with Crippen LogP contribution in [0.25, 0.3) is 0 Å². The Bertz CT molecular complexity index is 1110. The van der Waals surface area contributed by atoms with Gasteiger partial charge in [-0.1, -0.05) is 6.07 Å². The van der Waals surface area contributed by atoms with Crippen molar-refractivity contribution >= 4 is 27.6 Å². The van der Waals surface area contributed by atoms with Crippen LogP contribution in [0.4, 0.5) is 5.69 Å². The summed E-state index contributed by atoms with van der Waals surface area (Å²) in [5.41, 5.74) is 1.20. The van der Waals surface area contributed by atoms with Crippen molar-refractivity contribution in [1.29, 1.82) is 0 Å². The SMILES string of the molecule is Cc1ccc(S(=O)(=O)N(C)C)cc1NC(=O)[C@H](C)OC(=O)c1ccc2c(c1)OCCO2. The third-order valence-corrected chi connectivity index (χ3v) is 6.49. The molecule has 0 aliphatic carbocycles. The summed E-state index contributed by atoms with van der Waals surface area (Å²) in [6.45, 7) is 3.98. The first-order valence-electron chi connectivity index (χ1n) is 9.54. The van der Waals surface area contributed by atoms with Crippen LogP contribution in [0.2, 0.25) is 0 Å². The van der Waals surface area contributed by atoms with Crippen LogP contribution < -0.4 is 14.8 Å². The van der Waals surface area contributed by atoms with Gasteiger partial charge in [0.1, 0.15) is 13.2 Å². The molecule has 0 unspecified atom stereocenters. The van der Waals surface area contributed by atoms with E-state index in [-0.39, 0.29) is 10.5 Å². The van der Waals surface area contributed by atoms with E-state index in [1.54, 1.807) is 19.1 Å². The fourth-order valence-electron chi connectivity index (χ4n) is 2.79. The first-order valence-corrected chi connectivity index (χ1v) is 11.0. The molecule has 9 nitrogen and oxygen atoms in total. The van der Waals surface area contributed by atoms with Crippen LogP contribution in [0.15, 0.2) is 41.3 Å². The van der Waals surface area contributed by atoms with Gasteiger partial charge < -0.3 is 19.5 Å². The molecule has 1 N–H and O–H groups in total. The van der Waals surface area contributed by atoms with Gasteiger partial charge in [0.25, 0.3) is 5.91 Å². The van der Waals surface area contributed by atoms with Gasteiger partial charge in [0.15, 0.2) is 17.6 Å². The number of ether oxygens (including phenoxy) is 3. The molecule has 1 heterocycles. The molecule has 0 spiro atoms. The minimum Gasteiger partial charge on any atom is -0.486 e. The number of rotatable bonds is 6. The number of nitrogens with one attached hydrogen (secondary N) is 1. The number of nitrogens with zero attached hydrogens (tertiary/aromatic N) is 1. The zero-order chi connectivity index (χ0) is 22.8. The third-order valence-electron chi connectivity index (χ3n) is 4.68. The van der Waals surface area contributed by atoms with E-state index >= 15 is 0 Å². The highest BCUT2D eigenvalue weighted by atomic mass is 32.2. The Morgan fingerprint density at radius 3 is 2.42 bits per heavy atom. The second-order valence-corrected chi connectivity index (χ2v) is 9.31. The maximum absolute atomic E-state index is 12.6. The maximum atomic E-state index is 12.6. The van der Waals surface area contributed by atoms with E-state index in [0.717, 1.165) is 4.31 Å². The van der Waals surface area contributed by atoms with E-state index in [1.165, 1.54) is 45.3 Å². The van der Waals surface area contributed by atoms with Gasteiger partial charge in [0.2, 0.25) is 10.0 Å². The molecule has 0 fully saturated rings. The van der Waals surface area contributed by atoms with Crippen LogP contribution in [-0.2, 0) is 19.6 Å². The average Bonchev–Trinajstić information content (AvgIpc) is 2.74. The number of hydrogen-bond donors (Lipinski definition) is 1. The number of carbonyl (C=O) groups excluding carboxylic acids is 2. The van der Waals surface area contributed by atoms with Crippen LogP contribution in [0.1, 0.15) is 22.8 Å². The van der Waals surface area contributed by atoms with Crippen molar-refractivity contribution in [2.75, 3.05) is 32.6 Å². The van der Waals surface area contributed by atoms with E-state index in [9.17, 15) is 18.0 Å². The van der Waals surface area contributed by atoms with Crippen molar-refractivity contribution in [3.05, 3.63) is 47.5 Å². The lowest BCUT2D eigenvalue weighted by molar-refractivity contribution is -0.123. The van der Waals surface area contributed by atoms with E-state index < -0.39 is 28.0 Å². The highest BCUT2D eigenvalue weighted by Gasteiger charge is 2.23. The number of benzene rings is 2. The Labute approximate surface area is 181 Å². The predicted molar refractivity (Wildman–Crippen MR) is 113 cm³/mol. The predicted octanol–water partition coefficient (Wildman–Crippen LogP) is 2.20. The molecule has 3 rings (SSSR count). The molecule has 0 aromatic heterocycles. The van der Waals surface area contributed by atoms with Gasteiger partial charge >= 0.3 is 5.97 Å². The summed E-state index contributed by atoms with van der Waals surface area (Å²) in [6, 6.07) is 9.07. The van der Waals surface area contributed by atoms with Gasteiger partial charge in [-0.25, -0.2) is 17.5 Å². The van der Waals surface area contributed by atoms with E-state index in [2.05, 4.69) is 5.32 Å². The van der Waals surface area contributed by atoms with Gasteiger partial charge in [-0.2, -0.15) is 0 Å². The van der Waals surface area contributed by atoms with Crippen LogP contribution in [0, 0.1) is 6.92 Å². The van der Waals surface area contributed by atoms with E-state index in [4.69, 9.17) is 14.2 Å². The summed E-state index contributed by atoms with van der Waals surface area (Å²) in [6.07, 6.45) is -1.12. The molecule has 0 radical (unpaired) electrons. The Hall–Kier alpha value is -3.11. The first kappa shape index (κ1) is 22.6. The third kappa shape index (κ3) is 4.97. The molecule has 1 atom stereocenters. The minimum absolute atomic E-state index is 0.0410. The van der Waals surface area contributed by atoms with Gasteiger partial charge in [-0.3, -0.25) is 4.79 Å². The fraction of sp³-hybridized carbons (Fsp3) is 0.333. The number of sulfonamides is 1. The Balaban J connectivity index is 1.70. The number of hydrogen-bond acceptors (Lipinski definition) is 7. The van der Waals surface area contributed by atoms with Gasteiger partial charge in [0, 0.05) is 19.8 Å². The van der Waals surface area contributed by atoms with Crippen molar-refractivity contribution in [2.45, 2.75) is 24.8 Å². The molecule has 10 heteroatoms. The number of esters is 1. The molecule has 2 aromatic rings. The van der Waals surface area contributed by atoms with Crippen molar-refractivity contribution in [2.24, 2.45) is 0 Å². The molecular formula is C21H24N2O7S. The largest absolute Gasteiger partial charge is 0.486 e. The lowest BCUT2D eigenvalue weighted by Gasteiger charge is -2.19.